The molecular formula is C14H8F2N4O2. The molecule has 0 saturated heterocycles. The number of anilines is 2. The van der Waals surface area contributed by atoms with E-state index in [1.807, 2.05) is 0 Å². The van der Waals surface area contributed by atoms with Gasteiger partial charge >= 0.3 is 0 Å². The van der Waals surface area contributed by atoms with Crippen molar-refractivity contribution in [2.24, 2.45) is 0 Å². The highest BCUT2D eigenvalue weighted by Gasteiger charge is 2.13. The van der Waals surface area contributed by atoms with Crippen LogP contribution in [0.1, 0.15) is 0 Å². The predicted molar refractivity (Wildman–Crippen MR) is 75.8 cm³/mol. The fourth-order valence-electron chi connectivity index (χ4n) is 1.99. The third kappa shape index (κ3) is 2.41. The van der Waals surface area contributed by atoms with Crippen molar-refractivity contribution >= 4 is 28.1 Å². The van der Waals surface area contributed by atoms with Crippen molar-refractivity contribution in [1.29, 1.82) is 0 Å². The van der Waals surface area contributed by atoms with Crippen LogP contribution < -0.4 is 5.32 Å². The zero-order valence-corrected chi connectivity index (χ0v) is 11.0. The molecule has 3 aromatic rings. The zero-order valence-electron chi connectivity index (χ0n) is 11.0. The second kappa shape index (κ2) is 5.32. The molecular weight excluding hydrogens is 294 g/mol. The van der Waals surface area contributed by atoms with Gasteiger partial charge in [-0.25, -0.2) is 18.7 Å². The monoisotopic (exact) mass is 302 g/mol. The Morgan fingerprint density at radius 1 is 1.14 bits per heavy atom. The van der Waals surface area contributed by atoms with Crippen LogP contribution in [0.15, 0.2) is 42.7 Å². The molecule has 0 unspecified atom stereocenters. The summed E-state index contributed by atoms with van der Waals surface area (Å²) in [7, 11) is 0. The van der Waals surface area contributed by atoms with Gasteiger partial charge in [0, 0.05) is 17.5 Å². The molecule has 6 nitrogen and oxygen atoms in total. The van der Waals surface area contributed by atoms with Gasteiger partial charge < -0.3 is 5.32 Å². The van der Waals surface area contributed by atoms with Crippen molar-refractivity contribution in [1.82, 2.24) is 9.97 Å². The number of hydrogen-bond acceptors (Lipinski definition) is 5. The molecule has 22 heavy (non-hydrogen) atoms. The summed E-state index contributed by atoms with van der Waals surface area (Å²) in [5.74, 6) is -1.91. The maximum Gasteiger partial charge on any atom is 0.270 e. The Kier molecular flexibility index (Phi) is 3.34. The largest absolute Gasteiger partial charge is 0.337 e. The molecule has 0 radical (unpaired) electrons. The molecule has 0 aliphatic rings. The summed E-state index contributed by atoms with van der Waals surface area (Å²) in [5, 5.41) is 13.8. The summed E-state index contributed by atoms with van der Waals surface area (Å²) in [5.41, 5.74) is 0.177. The second-order valence-electron chi connectivity index (χ2n) is 4.41. The van der Waals surface area contributed by atoms with Crippen molar-refractivity contribution < 1.29 is 13.7 Å². The molecule has 0 fully saturated rings. The molecule has 0 amide bonds. The van der Waals surface area contributed by atoms with Crippen LogP contribution in [0.4, 0.5) is 26.0 Å². The molecule has 0 spiro atoms. The summed E-state index contributed by atoms with van der Waals surface area (Å²) in [6, 6.07) is 7.71. The van der Waals surface area contributed by atoms with Gasteiger partial charge in [-0.15, -0.1) is 0 Å². The lowest BCUT2D eigenvalue weighted by atomic mass is 10.2. The number of non-ortho nitro benzene ring substituents is 1. The molecule has 0 atom stereocenters. The Bertz CT molecular complexity index is 886. The first-order valence-corrected chi connectivity index (χ1v) is 6.16. The smallest absolute Gasteiger partial charge is 0.270 e. The Morgan fingerprint density at radius 3 is 2.73 bits per heavy atom. The molecule has 2 aromatic carbocycles. The number of benzene rings is 2. The molecule has 1 heterocycles. The van der Waals surface area contributed by atoms with Gasteiger partial charge in [0.15, 0.2) is 11.6 Å². The van der Waals surface area contributed by atoms with E-state index in [4.69, 9.17) is 0 Å². The van der Waals surface area contributed by atoms with E-state index in [1.165, 1.54) is 36.7 Å². The zero-order chi connectivity index (χ0) is 15.7. The van der Waals surface area contributed by atoms with E-state index in [-0.39, 0.29) is 17.2 Å². The molecule has 0 saturated carbocycles. The highest BCUT2D eigenvalue weighted by molar-refractivity contribution is 5.92. The van der Waals surface area contributed by atoms with Gasteiger partial charge in [-0.2, -0.15) is 0 Å². The van der Waals surface area contributed by atoms with Gasteiger partial charge in [0.25, 0.3) is 5.69 Å². The molecule has 0 aliphatic heterocycles. The number of nitrogens with one attached hydrogen (secondary N) is 1. The Labute approximate surface area is 122 Å². The van der Waals surface area contributed by atoms with Crippen LogP contribution in [-0.2, 0) is 0 Å². The van der Waals surface area contributed by atoms with E-state index < -0.39 is 16.6 Å². The van der Waals surface area contributed by atoms with Gasteiger partial charge in [-0.1, -0.05) is 6.07 Å². The number of fused-ring (bicyclic) bond motifs is 1. The van der Waals surface area contributed by atoms with Crippen molar-refractivity contribution in [3.63, 3.8) is 0 Å². The molecule has 3 rings (SSSR count). The van der Waals surface area contributed by atoms with Crippen LogP contribution in [0.5, 0.6) is 0 Å². The topological polar surface area (TPSA) is 81.0 Å². The van der Waals surface area contributed by atoms with Crippen LogP contribution in [0.25, 0.3) is 10.9 Å². The summed E-state index contributed by atoms with van der Waals surface area (Å²) in [6.07, 6.45) is 1.23. The first-order chi connectivity index (χ1) is 10.6. The van der Waals surface area contributed by atoms with Gasteiger partial charge in [0.2, 0.25) is 0 Å². The van der Waals surface area contributed by atoms with Crippen molar-refractivity contribution in [3.8, 4) is 0 Å². The van der Waals surface area contributed by atoms with Crippen molar-refractivity contribution in [3.05, 3.63) is 64.5 Å². The lowest BCUT2D eigenvalue weighted by molar-refractivity contribution is -0.384. The number of rotatable bonds is 3. The fourth-order valence-corrected chi connectivity index (χ4v) is 1.99. The van der Waals surface area contributed by atoms with E-state index >= 15 is 0 Å². The minimum absolute atomic E-state index is 0.119. The quantitative estimate of drug-likeness (QED) is 0.591. The normalized spacial score (nSPS) is 10.6. The van der Waals surface area contributed by atoms with Crippen molar-refractivity contribution in [2.75, 3.05) is 5.32 Å². The average molecular weight is 302 g/mol. The molecule has 110 valence electrons. The molecule has 8 heteroatoms. The number of nitro benzene ring substituents is 1. The standard InChI is InChI=1S/C14H8F2N4O2/c15-10-2-1-3-12(13(10)16)19-14-9-6-8(20(21)22)4-5-11(9)17-7-18-14/h1-7H,(H,17,18,19). The van der Waals surface area contributed by atoms with Crippen LogP contribution in [-0.4, -0.2) is 14.9 Å². The summed E-state index contributed by atoms with van der Waals surface area (Å²) in [6.45, 7) is 0. The third-order valence-electron chi connectivity index (χ3n) is 3.03. The highest BCUT2D eigenvalue weighted by atomic mass is 19.2. The third-order valence-corrected chi connectivity index (χ3v) is 3.03. The minimum atomic E-state index is -1.06. The second-order valence-corrected chi connectivity index (χ2v) is 4.41. The molecule has 0 aliphatic carbocycles. The van der Waals surface area contributed by atoms with Crippen molar-refractivity contribution in [2.45, 2.75) is 0 Å². The first kappa shape index (κ1) is 13.8. The van der Waals surface area contributed by atoms with Gasteiger partial charge in [-0.3, -0.25) is 10.1 Å². The van der Waals surface area contributed by atoms with E-state index in [0.717, 1.165) is 6.07 Å². The SMILES string of the molecule is O=[N+]([O-])c1ccc2ncnc(Nc3cccc(F)c3F)c2c1. The fraction of sp³-hybridized carbons (Fsp3) is 0. The van der Waals surface area contributed by atoms with Crippen LogP contribution in [0, 0.1) is 21.7 Å². The van der Waals surface area contributed by atoms with Gasteiger partial charge in [0.1, 0.15) is 12.1 Å². The lowest BCUT2D eigenvalue weighted by Crippen LogP contribution is -2.00. The summed E-state index contributed by atoms with van der Waals surface area (Å²) >= 11 is 0. The Morgan fingerprint density at radius 2 is 1.95 bits per heavy atom. The van der Waals surface area contributed by atoms with Crippen LogP contribution >= 0.6 is 0 Å². The maximum atomic E-state index is 13.7. The number of aromatic nitrogens is 2. The number of nitrogens with zero attached hydrogens (tertiary/aromatic N) is 3. The first-order valence-electron chi connectivity index (χ1n) is 6.16. The summed E-state index contributed by atoms with van der Waals surface area (Å²) < 4.78 is 26.9. The summed E-state index contributed by atoms with van der Waals surface area (Å²) in [4.78, 5) is 18.2. The molecule has 0 bridgehead atoms. The van der Waals surface area contributed by atoms with Gasteiger partial charge in [-0.05, 0) is 18.2 Å². The average Bonchev–Trinajstić information content (AvgIpc) is 2.51. The lowest BCUT2D eigenvalue weighted by Gasteiger charge is -2.09. The van der Waals surface area contributed by atoms with E-state index in [1.54, 1.807) is 0 Å². The number of halogens is 2. The van der Waals surface area contributed by atoms with Crippen LogP contribution in [0.2, 0.25) is 0 Å². The van der Waals surface area contributed by atoms with Crippen LogP contribution in [0.3, 0.4) is 0 Å². The van der Waals surface area contributed by atoms with E-state index in [0.29, 0.717) is 10.9 Å². The Hall–Kier alpha value is -3.16. The highest BCUT2D eigenvalue weighted by Crippen LogP contribution is 2.28. The van der Waals surface area contributed by atoms with Gasteiger partial charge in [0.05, 0.1) is 16.1 Å². The van der Waals surface area contributed by atoms with E-state index in [9.17, 15) is 18.9 Å². The maximum absolute atomic E-state index is 13.7. The minimum Gasteiger partial charge on any atom is -0.337 e. The predicted octanol–water partition coefficient (Wildman–Crippen LogP) is 3.56. The number of nitro groups is 1. The number of hydrogen-bond donors (Lipinski definition) is 1. The van der Waals surface area contributed by atoms with E-state index in [2.05, 4.69) is 15.3 Å². The molecule has 1 aromatic heterocycles. The molecule has 1 N–H and O–H groups in total. The Balaban J connectivity index is 2.12.